The molecule has 0 saturated carbocycles. The van der Waals surface area contributed by atoms with Crippen molar-refractivity contribution in [1.29, 1.82) is 0 Å². The van der Waals surface area contributed by atoms with E-state index in [0.29, 0.717) is 16.5 Å². The minimum absolute atomic E-state index is 0.0788. The number of carbonyl (C=O) groups excluding carboxylic acids is 2. The number of nitrogens with one attached hydrogen (secondary N) is 2. The van der Waals surface area contributed by atoms with Crippen molar-refractivity contribution in [2.75, 3.05) is 0 Å². The zero-order valence-electron chi connectivity index (χ0n) is 20.5. The van der Waals surface area contributed by atoms with Gasteiger partial charge in [-0.15, -0.1) is 8.57 Å². The van der Waals surface area contributed by atoms with E-state index in [0.717, 1.165) is 24.3 Å². The van der Waals surface area contributed by atoms with Crippen LogP contribution in [0.1, 0.15) is 31.8 Å². The first-order chi connectivity index (χ1) is 18.4. The molecule has 0 unspecified atom stereocenters. The van der Waals surface area contributed by atoms with Crippen LogP contribution in [0.25, 0.3) is 10.8 Å². The summed E-state index contributed by atoms with van der Waals surface area (Å²) in [4.78, 5) is 23.5. The maximum absolute atomic E-state index is 12.8. The number of hydroxylamine groups is 2. The predicted molar refractivity (Wildman–Crippen MR) is 139 cm³/mol. The smallest absolute Gasteiger partial charge is 0.321 e. The third-order valence-corrected chi connectivity index (χ3v) is 8.02. The lowest BCUT2D eigenvalue weighted by Gasteiger charge is -2.11. The van der Waals surface area contributed by atoms with Gasteiger partial charge in [-0.25, -0.2) is 11.0 Å². The Hall–Kier alpha value is -4.30. The van der Waals surface area contributed by atoms with Crippen molar-refractivity contribution in [2.24, 2.45) is 0 Å². The molecular formula is C26H22N2O9S2. The highest BCUT2D eigenvalue weighted by Gasteiger charge is 2.25. The van der Waals surface area contributed by atoms with Crippen molar-refractivity contribution in [3.63, 3.8) is 0 Å². The molecule has 0 aliphatic rings. The molecule has 0 aromatic heterocycles. The summed E-state index contributed by atoms with van der Waals surface area (Å²) in [6.07, 6.45) is 0. The fourth-order valence-electron chi connectivity index (χ4n) is 3.64. The first-order valence-electron chi connectivity index (χ1n) is 11.2. The summed E-state index contributed by atoms with van der Waals surface area (Å²) in [6, 6.07) is 18.5. The highest BCUT2D eigenvalue weighted by Crippen LogP contribution is 2.31. The van der Waals surface area contributed by atoms with E-state index in [-0.39, 0.29) is 16.5 Å². The number of carbonyl (C=O) groups is 2. The lowest BCUT2D eigenvalue weighted by Crippen LogP contribution is -2.28. The van der Waals surface area contributed by atoms with Crippen molar-refractivity contribution in [3.05, 3.63) is 101 Å². The van der Waals surface area contributed by atoms with Crippen LogP contribution in [0.2, 0.25) is 0 Å². The van der Waals surface area contributed by atoms with Gasteiger partial charge in [-0.3, -0.25) is 9.59 Å². The van der Waals surface area contributed by atoms with Gasteiger partial charge in [-0.05, 0) is 72.1 Å². The Morgan fingerprint density at radius 1 is 0.667 bits per heavy atom. The lowest BCUT2D eigenvalue weighted by molar-refractivity contribution is 0.0765. The van der Waals surface area contributed by atoms with Gasteiger partial charge < -0.3 is 5.11 Å². The van der Waals surface area contributed by atoms with Crippen LogP contribution in [0.15, 0.2) is 88.7 Å². The van der Waals surface area contributed by atoms with Crippen LogP contribution < -0.4 is 11.0 Å². The Labute approximate surface area is 224 Å². The summed E-state index contributed by atoms with van der Waals surface area (Å²) in [5, 5.41) is 10.7. The highest BCUT2D eigenvalue weighted by molar-refractivity contribution is 7.87. The van der Waals surface area contributed by atoms with Gasteiger partial charge >= 0.3 is 20.2 Å². The molecule has 11 nitrogen and oxygen atoms in total. The SMILES string of the molecule is Cc1ccccc1C(=O)NOS(=O)(=O)c1ccc2cc(O)c(S(=O)(=O)ONC(=O)c3ccccc3C)cc2c1. The Morgan fingerprint density at radius 2 is 1.18 bits per heavy atom. The molecule has 13 heteroatoms. The molecule has 0 radical (unpaired) electrons. The van der Waals surface area contributed by atoms with E-state index in [1.54, 1.807) is 50.2 Å². The van der Waals surface area contributed by atoms with Crippen molar-refractivity contribution >= 4 is 42.8 Å². The molecule has 0 heterocycles. The molecule has 0 spiro atoms. The predicted octanol–water partition coefficient (Wildman–Crippen LogP) is 3.26. The average molecular weight is 571 g/mol. The molecule has 202 valence electrons. The van der Waals surface area contributed by atoms with E-state index in [4.69, 9.17) is 4.28 Å². The molecule has 0 aliphatic heterocycles. The van der Waals surface area contributed by atoms with Gasteiger partial charge in [0.05, 0.1) is 4.90 Å². The summed E-state index contributed by atoms with van der Waals surface area (Å²) in [5.41, 5.74) is 5.31. The van der Waals surface area contributed by atoms with Gasteiger partial charge in [0.15, 0.2) is 0 Å². The number of phenolic OH excluding ortho intramolecular Hbond substituents is 1. The molecule has 4 aromatic carbocycles. The minimum atomic E-state index is -4.72. The summed E-state index contributed by atoms with van der Waals surface area (Å²) >= 11 is 0. The normalized spacial score (nSPS) is 11.7. The number of benzene rings is 4. The molecule has 2 amide bonds. The number of phenols is 1. The Balaban J connectivity index is 1.56. The summed E-state index contributed by atoms with van der Waals surface area (Å²) < 4.78 is 60.3. The van der Waals surface area contributed by atoms with Gasteiger partial charge in [-0.2, -0.15) is 16.8 Å². The van der Waals surface area contributed by atoms with E-state index in [1.807, 2.05) is 11.0 Å². The van der Waals surface area contributed by atoms with Crippen molar-refractivity contribution in [3.8, 4) is 5.75 Å². The van der Waals surface area contributed by atoms with Crippen LogP contribution >= 0.6 is 0 Å². The highest BCUT2D eigenvalue weighted by atomic mass is 32.2. The molecule has 0 saturated heterocycles. The minimum Gasteiger partial charge on any atom is -0.506 e. The van der Waals surface area contributed by atoms with Crippen LogP contribution in [0, 0.1) is 13.8 Å². The second kappa shape index (κ2) is 10.8. The van der Waals surface area contributed by atoms with Crippen molar-refractivity contribution < 1.29 is 40.1 Å². The number of aryl methyl sites for hydroxylation is 2. The molecule has 0 atom stereocenters. The Morgan fingerprint density at radius 3 is 1.72 bits per heavy atom. The van der Waals surface area contributed by atoms with E-state index in [9.17, 15) is 31.5 Å². The molecule has 4 rings (SSSR count). The lowest BCUT2D eigenvalue weighted by atomic mass is 10.1. The summed E-state index contributed by atoms with van der Waals surface area (Å²) in [5.74, 6) is -2.29. The van der Waals surface area contributed by atoms with Gasteiger partial charge in [-0.1, -0.05) is 42.5 Å². The first-order valence-corrected chi connectivity index (χ1v) is 14.1. The standard InChI is InChI=1S/C26H22N2O9S2/c1-16-7-3-5-9-21(16)25(30)27-36-38(32,33)20-12-11-18-14-23(29)24(15-19(18)13-20)39(34,35)37-28-26(31)22-10-6-4-8-17(22)2/h3-15,29H,1-2H3,(H,27,30)(H,28,31). The van der Waals surface area contributed by atoms with Gasteiger partial charge in [0, 0.05) is 11.1 Å². The molecule has 0 fully saturated rings. The van der Waals surface area contributed by atoms with Crippen LogP contribution in [0.5, 0.6) is 5.75 Å². The summed E-state index contributed by atoms with van der Waals surface area (Å²) in [6.45, 7) is 3.33. The van der Waals surface area contributed by atoms with Crippen molar-refractivity contribution in [1.82, 2.24) is 11.0 Å². The topological polar surface area (TPSA) is 165 Å². The van der Waals surface area contributed by atoms with Gasteiger partial charge in [0.25, 0.3) is 11.8 Å². The fraction of sp³-hybridized carbons (Fsp3) is 0.0769. The largest absolute Gasteiger partial charge is 0.506 e. The number of fused-ring (bicyclic) bond motifs is 1. The third-order valence-electron chi connectivity index (χ3n) is 5.72. The van der Waals surface area contributed by atoms with Gasteiger partial charge in [0.2, 0.25) is 0 Å². The molecule has 39 heavy (non-hydrogen) atoms. The molecule has 3 N–H and O–H groups in total. The average Bonchev–Trinajstić information content (AvgIpc) is 2.90. The first kappa shape index (κ1) is 27.7. The quantitative estimate of drug-likeness (QED) is 0.270. The third kappa shape index (κ3) is 6.07. The number of amides is 2. The fourth-order valence-corrected chi connectivity index (χ4v) is 5.29. The monoisotopic (exact) mass is 570 g/mol. The van der Waals surface area contributed by atoms with E-state index >= 15 is 0 Å². The van der Waals surface area contributed by atoms with Crippen LogP contribution in [-0.4, -0.2) is 33.8 Å². The summed E-state index contributed by atoms with van der Waals surface area (Å²) in [7, 11) is -9.24. The molecule has 4 aromatic rings. The van der Waals surface area contributed by atoms with Gasteiger partial charge in [0.1, 0.15) is 10.6 Å². The number of hydrogen-bond acceptors (Lipinski definition) is 9. The van der Waals surface area contributed by atoms with E-state index in [1.165, 1.54) is 18.2 Å². The molecular weight excluding hydrogens is 548 g/mol. The zero-order valence-corrected chi connectivity index (χ0v) is 22.2. The Bertz CT molecular complexity index is 1820. The van der Waals surface area contributed by atoms with Crippen LogP contribution in [0.4, 0.5) is 0 Å². The second-order valence-corrected chi connectivity index (χ2v) is 11.5. The number of rotatable bonds is 8. The zero-order chi connectivity index (χ0) is 28.4. The van der Waals surface area contributed by atoms with E-state index in [2.05, 4.69) is 4.28 Å². The maximum atomic E-state index is 12.8. The Kier molecular flexibility index (Phi) is 7.70. The number of aromatic hydroxyl groups is 1. The van der Waals surface area contributed by atoms with Crippen LogP contribution in [-0.2, 0) is 28.8 Å². The number of hydrogen-bond donors (Lipinski definition) is 3. The molecule has 0 aliphatic carbocycles. The molecule has 0 bridgehead atoms. The van der Waals surface area contributed by atoms with E-state index < -0.39 is 47.6 Å². The van der Waals surface area contributed by atoms with Crippen LogP contribution in [0.3, 0.4) is 0 Å². The second-order valence-electron chi connectivity index (χ2n) is 8.40. The maximum Gasteiger partial charge on any atom is 0.321 e. The van der Waals surface area contributed by atoms with Crippen molar-refractivity contribution in [2.45, 2.75) is 23.6 Å².